The fraction of sp³-hybridized carbons (Fsp3) is 0.300. The third-order valence-electron chi connectivity index (χ3n) is 4.01. The molecule has 0 atom stereocenters. The zero-order chi connectivity index (χ0) is 20.1. The van der Waals surface area contributed by atoms with Gasteiger partial charge in [-0.3, -0.25) is 14.7 Å². The standard InChI is InChI=1S/C20H22N4O3S/c1-13(2)12-24(19(25)17-15(26-3)6-5-7-16(17)27-4)20-23-22-18(28-20)14-8-10-21-11-9-14/h5-11,13H,12H2,1-4H3. The number of aromatic nitrogens is 3. The summed E-state index contributed by atoms with van der Waals surface area (Å²) < 4.78 is 10.8. The maximum Gasteiger partial charge on any atom is 0.267 e. The summed E-state index contributed by atoms with van der Waals surface area (Å²) in [6.45, 7) is 4.58. The van der Waals surface area contributed by atoms with Gasteiger partial charge in [-0.2, -0.15) is 0 Å². The van der Waals surface area contributed by atoms with Crippen LogP contribution in [0.25, 0.3) is 10.6 Å². The molecule has 3 rings (SSSR count). The molecule has 7 nitrogen and oxygen atoms in total. The average Bonchev–Trinajstić information content (AvgIpc) is 3.21. The van der Waals surface area contributed by atoms with E-state index >= 15 is 0 Å². The van der Waals surface area contributed by atoms with E-state index in [4.69, 9.17) is 9.47 Å². The number of rotatable bonds is 7. The number of pyridine rings is 1. The highest BCUT2D eigenvalue weighted by Gasteiger charge is 2.28. The molecule has 146 valence electrons. The minimum absolute atomic E-state index is 0.234. The van der Waals surface area contributed by atoms with Crippen molar-refractivity contribution in [3.05, 3.63) is 48.3 Å². The summed E-state index contributed by atoms with van der Waals surface area (Å²) in [5, 5.41) is 9.79. The van der Waals surface area contributed by atoms with Gasteiger partial charge in [0.05, 0.1) is 14.2 Å². The summed E-state index contributed by atoms with van der Waals surface area (Å²) in [6, 6.07) is 9.00. The fourth-order valence-corrected chi connectivity index (χ4v) is 3.60. The van der Waals surface area contributed by atoms with E-state index in [0.29, 0.717) is 28.7 Å². The first-order chi connectivity index (χ1) is 13.5. The van der Waals surface area contributed by atoms with Crippen LogP contribution in [0.3, 0.4) is 0 Å². The number of methoxy groups -OCH3 is 2. The molecule has 2 aromatic heterocycles. The van der Waals surface area contributed by atoms with Crippen LogP contribution in [0.1, 0.15) is 24.2 Å². The highest BCUT2D eigenvalue weighted by Crippen LogP contribution is 2.34. The van der Waals surface area contributed by atoms with Gasteiger partial charge in [0, 0.05) is 24.5 Å². The summed E-state index contributed by atoms with van der Waals surface area (Å²) >= 11 is 1.36. The number of ether oxygens (including phenoxy) is 2. The number of carbonyl (C=O) groups excluding carboxylic acids is 1. The lowest BCUT2D eigenvalue weighted by molar-refractivity contribution is 0.0977. The van der Waals surface area contributed by atoms with E-state index in [1.807, 2.05) is 26.0 Å². The third kappa shape index (κ3) is 4.12. The van der Waals surface area contributed by atoms with Gasteiger partial charge in [-0.15, -0.1) is 10.2 Å². The Morgan fingerprint density at radius 3 is 2.29 bits per heavy atom. The van der Waals surface area contributed by atoms with Gasteiger partial charge in [-0.25, -0.2) is 0 Å². The molecule has 0 aliphatic carbocycles. The topological polar surface area (TPSA) is 77.4 Å². The minimum Gasteiger partial charge on any atom is -0.496 e. The van der Waals surface area contributed by atoms with Crippen LogP contribution in [-0.2, 0) is 0 Å². The van der Waals surface area contributed by atoms with Crippen LogP contribution in [0.5, 0.6) is 11.5 Å². The van der Waals surface area contributed by atoms with Gasteiger partial charge < -0.3 is 9.47 Å². The summed E-state index contributed by atoms with van der Waals surface area (Å²) in [5.74, 6) is 0.910. The van der Waals surface area contributed by atoms with Crippen molar-refractivity contribution in [1.29, 1.82) is 0 Å². The Balaban J connectivity index is 2.02. The normalized spacial score (nSPS) is 10.8. The number of nitrogens with zero attached hydrogens (tertiary/aromatic N) is 4. The van der Waals surface area contributed by atoms with Crippen molar-refractivity contribution >= 4 is 22.4 Å². The molecule has 2 heterocycles. The number of benzene rings is 1. The second kappa shape index (κ2) is 8.79. The smallest absolute Gasteiger partial charge is 0.267 e. The number of carbonyl (C=O) groups is 1. The highest BCUT2D eigenvalue weighted by molar-refractivity contribution is 7.18. The Bertz CT molecular complexity index is 921. The average molecular weight is 398 g/mol. The van der Waals surface area contributed by atoms with Crippen LogP contribution in [0.2, 0.25) is 0 Å². The van der Waals surface area contributed by atoms with E-state index < -0.39 is 0 Å². The van der Waals surface area contributed by atoms with Crippen molar-refractivity contribution in [2.75, 3.05) is 25.7 Å². The fourth-order valence-electron chi connectivity index (χ4n) is 2.75. The molecule has 1 amide bonds. The van der Waals surface area contributed by atoms with Crippen molar-refractivity contribution in [2.45, 2.75) is 13.8 Å². The summed E-state index contributed by atoms with van der Waals surface area (Å²) in [7, 11) is 3.07. The summed E-state index contributed by atoms with van der Waals surface area (Å²) in [5.41, 5.74) is 1.28. The van der Waals surface area contributed by atoms with Crippen molar-refractivity contribution in [1.82, 2.24) is 15.2 Å². The van der Waals surface area contributed by atoms with Crippen LogP contribution in [0.4, 0.5) is 5.13 Å². The number of amides is 1. The summed E-state index contributed by atoms with van der Waals surface area (Å²) in [4.78, 5) is 19.1. The highest BCUT2D eigenvalue weighted by atomic mass is 32.1. The van der Waals surface area contributed by atoms with E-state index in [1.165, 1.54) is 25.6 Å². The third-order valence-corrected chi connectivity index (χ3v) is 5.00. The van der Waals surface area contributed by atoms with Gasteiger partial charge >= 0.3 is 0 Å². The van der Waals surface area contributed by atoms with Crippen molar-refractivity contribution in [2.24, 2.45) is 5.92 Å². The van der Waals surface area contributed by atoms with Crippen molar-refractivity contribution < 1.29 is 14.3 Å². The van der Waals surface area contributed by atoms with E-state index in [9.17, 15) is 4.79 Å². The van der Waals surface area contributed by atoms with E-state index in [0.717, 1.165) is 10.6 Å². The SMILES string of the molecule is COc1cccc(OC)c1C(=O)N(CC(C)C)c1nnc(-c2ccncc2)s1. The predicted molar refractivity (Wildman–Crippen MR) is 109 cm³/mol. The van der Waals surface area contributed by atoms with Crippen molar-refractivity contribution in [3.8, 4) is 22.1 Å². The quantitative estimate of drug-likeness (QED) is 0.600. The lowest BCUT2D eigenvalue weighted by Gasteiger charge is -2.23. The Morgan fingerprint density at radius 1 is 1.07 bits per heavy atom. The molecule has 0 aliphatic rings. The van der Waals surface area contributed by atoms with Crippen LogP contribution in [-0.4, -0.2) is 41.9 Å². The Hall–Kier alpha value is -3.00. The molecule has 3 aromatic rings. The first-order valence-corrected chi connectivity index (χ1v) is 9.63. The molecule has 0 bridgehead atoms. The number of hydrogen-bond donors (Lipinski definition) is 0. The number of anilines is 1. The zero-order valence-corrected chi connectivity index (χ0v) is 17.1. The molecule has 0 fully saturated rings. The Kier molecular flexibility index (Phi) is 6.20. The summed E-state index contributed by atoms with van der Waals surface area (Å²) in [6.07, 6.45) is 3.40. The lowest BCUT2D eigenvalue weighted by atomic mass is 10.1. The molecule has 0 unspecified atom stereocenters. The molecular weight excluding hydrogens is 376 g/mol. The largest absolute Gasteiger partial charge is 0.496 e. The first-order valence-electron chi connectivity index (χ1n) is 8.82. The second-order valence-corrected chi connectivity index (χ2v) is 7.43. The second-order valence-electron chi connectivity index (χ2n) is 6.47. The molecule has 0 spiro atoms. The van der Waals surface area contributed by atoms with Crippen molar-refractivity contribution in [3.63, 3.8) is 0 Å². The lowest BCUT2D eigenvalue weighted by Crippen LogP contribution is -2.34. The van der Waals surface area contributed by atoms with Gasteiger partial charge in [0.15, 0.2) is 0 Å². The van der Waals surface area contributed by atoms with E-state index in [2.05, 4.69) is 15.2 Å². The monoisotopic (exact) mass is 398 g/mol. The zero-order valence-electron chi connectivity index (χ0n) is 16.2. The molecule has 28 heavy (non-hydrogen) atoms. The molecule has 0 saturated carbocycles. The van der Waals surface area contributed by atoms with E-state index in [-0.39, 0.29) is 11.8 Å². The van der Waals surface area contributed by atoms with Gasteiger partial charge in [-0.05, 0) is 30.2 Å². The molecule has 0 radical (unpaired) electrons. The van der Waals surface area contributed by atoms with Crippen LogP contribution >= 0.6 is 11.3 Å². The van der Waals surface area contributed by atoms with Crippen LogP contribution in [0.15, 0.2) is 42.7 Å². The van der Waals surface area contributed by atoms with Gasteiger partial charge in [0.1, 0.15) is 22.1 Å². The molecule has 0 N–H and O–H groups in total. The van der Waals surface area contributed by atoms with Crippen LogP contribution in [0, 0.1) is 5.92 Å². The predicted octanol–water partition coefficient (Wildman–Crippen LogP) is 3.92. The maximum atomic E-state index is 13.5. The van der Waals surface area contributed by atoms with Gasteiger partial charge in [0.2, 0.25) is 5.13 Å². The first kappa shape index (κ1) is 19.8. The Morgan fingerprint density at radius 2 is 1.71 bits per heavy atom. The van der Waals surface area contributed by atoms with Crippen LogP contribution < -0.4 is 14.4 Å². The molecule has 0 aliphatic heterocycles. The molecular formula is C20H22N4O3S. The number of hydrogen-bond acceptors (Lipinski definition) is 7. The van der Waals surface area contributed by atoms with Gasteiger partial charge in [-0.1, -0.05) is 31.3 Å². The minimum atomic E-state index is -0.236. The molecule has 8 heteroatoms. The van der Waals surface area contributed by atoms with E-state index in [1.54, 1.807) is 35.5 Å². The van der Waals surface area contributed by atoms with Gasteiger partial charge in [0.25, 0.3) is 5.91 Å². The molecule has 1 aromatic carbocycles. The molecule has 0 saturated heterocycles. The maximum absolute atomic E-state index is 13.5. The Labute approximate surface area is 168 Å².